The first kappa shape index (κ1) is 32.2. The Hall–Kier alpha value is -0.766. The molecule has 0 unspecified atom stereocenters. The van der Waals surface area contributed by atoms with Gasteiger partial charge in [0.15, 0.2) is 0 Å². The van der Waals surface area contributed by atoms with Gasteiger partial charge in [-0.05, 0) is 0 Å². The van der Waals surface area contributed by atoms with Gasteiger partial charge in [0.05, 0.1) is 0 Å². The number of amides is 2. The number of hydrogen-bond donors (Lipinski definition) is 0. The third kappa shape index (κ3) is 7.12. The van der Waals surface area contributed by atoms with E-state index in [-0.39, 0.29) is 42.2 Å². The summed E-state index contributed by atoms with van der Waals surface area (Å²) in [4.78, 5) is 52.0. The van der Waals surface area contributed by atoms with E-state index in [1.807, 2.05) is 69.2 Å². The van der Waals surface area contributed by atoms with E-state index < -0.39 is 29.1 Å². The van der Waals surface area contributed by atoms with Gasteiger partial charge in [-0.2, -0.15) is 0 Å². The maximum atomic E-state index is 13.9. The molecule has 9 heteroatoms. The van der Waals surface area contributed by atoms with Crippen molar-refractivity contribution in [2.45, 2.75) is 107 Å². The third-order valence-electron chi connectivity index (χ3n) is 5.87. The van der Waals surface area contributed by atoms with Crippen molar-refractivity contribution >= 4 is 23.4 Å². The van der Waals surface area contributed by atoms with Gasteiger partial charge in [0.1, 0.15) is 0 Å². The molecule has 0 N–H and O–H groups in total. The normalized spacial score (nSPS) is 13.7. The molecule has 0 atom stereocenters. The number of Topliss-reactive ketones (excluding diaryl/α,β-unsaturated/α-hetero) is 2. The van der Waals surface area contributed by atoms with E-state index in [1.54, 1.807) is 0 Å². The van der Waals surface area contributed by atoms with Gasteiger partial charge in [-0.15, -0.1) is 0 Å². The summed E-state index contributed by atoms with van der Waals surface area (Å²) in [6.45, 7) is 23.0. The van der Waals surface area contributed by atoms with E-state index in [0.29, 0.717) is 26.2 Å². The van der Waals surface area contributed by atoms with Crippen LogP contribution in [0.25, 0.3) is 0 Å². The summed E-state index contributed by atoms with van der Waals surface area (Å²) in [5.74, 6) is -1.07. The quantitative estimate of drug-likeness (QED) is 0.291. The SMILES string of the molecule is CC[N+](CC)(C(=O)CC(C)=O)[Ti]([O]C(C)(C)C)([O]C(C)(C)C)[N+](CC)(CC)C(=O)CC(C)=O. The van der Waals surface area contributed by atoms with Crippen LogP contribution in [0.2, 0.25) is 0 Å². The van der Waals surface area contributed by atoms with Crippen LogP contribution >= 0.6 is 0 Å². The minimum absolute atomic E-state index is 0.195. The predicted octanol–water partition coefficient (Wildman–Crippen LogP) is 4.16. The second-order valence-corrected chi connectivity index (χ2v) is 15.7. The van der Waals surface area contributed by atoms with Gasteiger partial charge in [-0.25, -0.2) is 0 Å². The minimum atomic E-state index is -4.78. The summed E-state index contributed by atoms with van der Waals surface area (Å²) in [7, 11) is 0. The zero-order valence-corrected chi connectivity index (χ0v) is 24.6. The molecule has 0 aliphatic heterocycles. The number of nitrogens with zero attached hydrogens (tertiary/aromatic N) is 2. The Morgan fingerprint density at radius 3 is 1.00 bits per heavy atom. The van der Waals surface area contributed by atoms with Crippen molar-refractivity contribution in [2.75, 3.05) is 26.2 Å². The summed E-state index contributed by atoms with van der Waals surface area (Å²) in [5.41, 5.74) is -1.47. The number of rotatable bonds is 12. The van der Waals surface area contributed by atoms with Gasteiger partial charge in [0.25, 0.3) is 0 Å². The van der Waals surface area contributed by atoms with Crippen LogP contribution < -0.4 is 0 Å². The Kier molecular flexibility index (Phi) is 11.5. The monoisotopic (exact) mass is 508 g/mol. The van der Waals surface area contributed by atoms with Gasteiger partial charge >= 0.3 is 206 Å². The van der Waals surface area contributed by atoms with Crippen LogP contribution in [0.3, 0.4) is 0 Å². The fourth-order valence-electron chi connectivity index (χ4n) is 4.53. The molecule has 0 aromatic carbocycles. The molecule has 0 aromatic heterocycles. The van der Waals surface area contributed by atoms with E-state index in [1.165, 1.54) is 13.8 Å². The molecule has 0 saturated heterocycles. The maximum absolute atomic E-state index is 13.9. The number of hydrogen-bond acceptors (Lipinski definition) is 6. The van der Waals surface area contributed by atoms with Crippen LogP contribution in [-0.2, 0) is 43.7 Å². The van der Waals surface area contributed by atoms with Gasteiger partial charge in [0.2, 0.25) is 0 Å². The van der Waals surface area contributed by atoms with Crippen LogP contribution in [0.4, 0.5) is 0 Å². The molecule has 0 aromatic rings. The van der Waals surface area contributed by atoms with E-state index in [4.69, 9.17) is 6.64 Å². The molecule has 192 valence electrons. The van der Waals surface area contributed by atoms with Crippen LogP contribution in [0.1, 0.15) is 95.9 Å². The van der Waals surface area contributed by atoms with Crippen molar-refractivity contribution in [1.82, 2.24) is 0 Å². The van der Waals surface area contributed by atoms with Crippen LogP contribution in [0.15, 0.2) is 0 Å². The van der Waals surface area contributed by atoms with Crippen LogP contribution in [0.5, 0.6) is 0 Å². The van der Waals surface area contributed by atoms with Crippen molar-refractivity contribution in [3.05, 3.63) is 0 Å². The third-order valence-corrected chi connectivity index (χ3v) is 14.8. The van der Waals surface area contributed by atoms with Crippen molar-refractivity contribution in [3.63, 3.8) is 0 Å². The Labute approximate surface area is 206 Å². The number of carbonyl (C=O) groups is 4. The van der Waals surface area contributed by atoms with Crippen molar-refractivity contribution in [2.24, 2.45) is 0 Å². The molecule has 0 aliphatic carbocycles. The molecule has 0 aliphatic rings. The van der Waals surface area contributed by atoms with Crippen molar-refractivity contribution in [1.29, 1.82) is 0 Å². The second kappa shape index (κ2) is 11.8. The molecule has 0 fully saturated rings. The van der Waals surface area contributed by atoms with Crippen molar-refractivity contribution in [3.8, 4) is 0 Å². The summed E-state index contributed by atoms with van der Waals surface area (Å²) in [6.07, 6.45) is -0.520. The summed E-state index contributed by atoms with van der Waals surface area (Å²) in [6, 6.07) is 0. The zero-order valence-electron chi connectivity index (χ0n) is 23.1. The summed E-state index contributed by atoms with van der Waals surface area (Å²) < 4.78 is 13.5. The number of carbonyl (C=O) groups excluding carboxylic acids is 4. The van der Waals surface area contributed by atoms with Gasteiger partial charge in [-0.1, -0.05) is 0 Å². The molecule has 0 bridgehead atoms. The molecule has 0 radical (unpaired) electrons. The molecule has 0 spiro atoms. The molecular formula is C24H48N2O6Ti+2. The predicted molar refractivity (Wildman–Crippen MR) is 125 cm³/mol. The first-order chi connectivity index (χ1) is 14.8. The number of ketones is 2. The van der Waals surface area contributed by atoms with Gasteiger partial charge in [0, 0.05) is 0 Å². The second-order valence-electron chi connectivity index (χ2n) is 10.7. The first-order valence-electron chi connectivity index (χ1n) is 12.0. The average Bonchev–Trinajstić information content (AvgIpc) is 2.60. The zero-order chi connectivity index (χ0) is 26.5. The Bertz CT molecular complexity index is 666. The average molecular weight is 509 g/mol. The number of quaternary nitrogens is 2. The van der Waals surface area contributed by atoms with Crippen LogP contribution in [-0.4, -0.2) is 66.7 Å². The molecule has 33 heavy (non-hydrogen) atoms. The topological polar surface area (TPSA) is 86.7 Å². The van der Waals surface area contributed by atoms with Crippen molar-refractivity contribution < 1.29 is 49.6 Å². The van der Waals surface area contributed by atoms with Gasteiger partial charge < -0.3 is 0 Å². The first-order valence-corrected chi connectivity index (χ1v) is 14.7. The molecular weight excluding hydrogens is 460 g/mol. The summed E-state index contributed by atoms with van der Waals surface area (Å²) in [5, 5.41) is 0. The fraction of sp³-hybridized carbons (Fsp3) is 0.833. The molecule has 0 rings (SSSR count). The van der Waals surface area contributed by atoms with E-state index >= 15 is 0 Å². The summed E-state index contributed by atoms with van der Waals surface area (Å²) >= 11 is -4.78. The molecule has 2 amide bonds. The molecule has 0 saturated carbocycles. The Morgan fingerprint density at radius 1 is 0.606 bits per heavy atom. The van der Waals surface area contributed by atoms with Crippen LogP contribution in [0, 0.1) is 0 Å². The van der Waals surface area contributed by atoms with E-state index in [9.17, 15) is 19.2 Å². The standard InChI is InChI=1S/2C8H15NO2.2C4H9O.Ti/c2*1-4-9(5-2)8(11)6-7(3)10;2*1-4(2,3)5;/h2*4-6H2,1-3H3;2*1-3H3;/q;;2*-1;+4. The Balaban J connectivity index is 7.84. The molecule has 8 nitrogen and oxygen atoms in total. The fourth-order valence-corrected chi connectivity index (χ4v) is 13.0. The molecule has 0 heterocycles. The Morgan fingerprint density at radius 2 is 0.848 bits per heavy atom. The van der Waals surface area contributed by atoms with Gasteiger partial charge in [-0.3, -0.25) is 0 Å². The van der Waals surface area contributed by atoms with E-state index in [0.717, 1.165) is 0 Å². The van der Waals surface area contributed by atoms with E-state index in [2.05, 4.69) is 0 Å².